The molecule has 0 aliphatic heterocycles. The predicted molar refractivity (Wildman–Crippen MR) is 49.9 cm³/mol. The standard InChI is InChI=1S/C9H14N3/c10-6-2-4-8-12-9-5-1-3-7-11-9/h1,5,7H,2,4,6,8,10H2,(H,11,12). The van der Waals surface area contributed by atoms with Gasteiger partial charge in [-0.2, -0.15) is 0 Å². The summed E-state index contributed by atoms with van der Waals surface area (Å²) in [6.07, 6.45) is 3.81. The lowest BCUT2D eigenvalue weighted by molar-refractivity contribution is 0.772. The molecule has 1 radical (unpaired) electrons. The zero-order valence-electron chi connectivity index (χ0n) is 7.09. The highest BCUT2D eigenvalue weighted by atomic mass is 15.0. The minimum absolute atomic E-state index is 0.762. The molecule has 1 aromatic heterocycles. The molecule has 0 unspecified atom stereocenters. The van der Waals surface area contributed by atoms with E-state index in [9.17, 15) is 0 Å². The van der Waals surface area contributed by atoms with Crippen molar-refractivity contribution in [2.75, 3.05) is 18.4 Å². The summed E-state index contributed by atoms with van der Waals surface area (Å²) >= 11 is 0. The number of pyridine rings is 1. The van der Waals surface area contributed by atoms with E-state index in [-0.39, 0.29) is 0 Å². The number of unbranched alkanes of at least 4 members (excludes halogenated alkanes) is 1. The maximum atomic E-state index is 5.36. The maximum Gasteiger partial charge on any atom is 0.125 e. The molecule has 3 heteroatoms. The number of nitrogens with two attached hydrogens (primary N) is 1. The van der Waals surface area contributed by atoms with Gasteiger partial charge >= 0.3 is 0 Å². The first-order valence-electron chi connectivity index (χ1n) is 4.19. The van der Waals surface area contributed by atoms with Crippen molar-refractivity contribution in [1.29, 1.82) is 0 Å². The normalized spacial score (nSPS) is 9.75. The van der Waals surface area contributed by atoms with E-state index in [1.165, 1.54) is 0 Å². The highest BCUT2D eigenvalue weighted by Gasteiger charge is 1.89. The molecular formula is C9H14N3. The number of nitrogens with one attached hydrogen (secondary N) is 1. The van der Waals surface area contributed by atoms with E-state index in [0.29, 0.717) is 0 Å². The molecule has 1 rings (SSSR count). The second-order valence-corrected chi connectivity index (χ2v) is 2.57. The van der Waals surface area contributed by atoms with Crippen LogP contribution in [0.1, 0.15) is 12.8 Å². The first-order valence-corrected chi connectivity index (χ1v) is 4.19. The molecule has 0 bridgehead atoms. The highest BCUT2D eigenvalue weighted by molar-refractivity contribution is 5.32. The number of nitrogens with zero attached hydrogens (tertiary/aromatic N) is 1. The second-order valence-electron chi connectivity index (χ2n) is 2.57. The minimum Gasteiger partial charge on any atom is -0.370 e. The zero-order valence-corrected chi connectivity index (χ0v) is 7.09. The summed E-state index contributed by atoms with van der Waals surface area (Å²) in [4.78, 5) is 4.08. The molecule has 0 saturated heterocycles. The van der Waals surface area contributed by atoms with Crippen molar-refractivity contribution in [3.05, 3.63) is 24.4 Å². The predicted octanol–water partition coefficient (Wildman–Crippen LogP) is 1.03. The molecule has 0 fully saturated rings. The highest BCUT2D eigenvalue weighted by Crippen LogP contribution is 1.99. The summed E-state index contributed by atoms with van der Waals surface area (Å²) in [5.74, 6) is 0.908. The molecule has 0 atom stereocenters. The van der Waals surface area contributed by atoms with Crippen LogP contribution in [-0.2, 0) is 0 Å². The van der Waals surface area contributed by atoms with Gasteiger partial charge in [0, 0.05) is 18.8 Å². The van der Waals surface area contributed by atoms with Crippen LogP contribution in [0.25, 0.3) is 0 Å². The van der Waals surface area contributed by atoms with Gasteiger partial charge in [0.1, 0.15) is 5.82 Å². The molecule has 0 aromatic carbocycles. The average Bonchev–Trinajstić information content (AvgIpc) is 2.14. The summed E-state index contributed by atoms with van der Waals surface area (Å²) in [5, 5.41) is 3.19. The fourth-order valence-corrected chi connectivity index (χ4v) is 0.910. The minimum atomic E-state index is 0.762. The average molecular weight is 164 g/mol. The molecule has 3 N–H and O–H groups in total. The van der Waals surface area contributed by atoms with Gasteiger partial charge in [0.05, 0.1) is 0 Å². The largest absolute Gasteiger partial charge is 0.370 e. The van der Waals surface area contributed by atoms with Gasteiger partial charge in [-0.1, -0.05) is 0 Å². The van der Waals surface area contributed by atoms with Gasteiger partial charge in [-0.3, -0.25) is 0 Å². The van der Waals surface area contributed by atoms with E-state index in [1.807, 2.05) is 12.1 Å². The Labute approximate surface area is 73.0 Å². The van der Waals surface area contributed by atoms with Crippen LogP contribution in [0, 0.1) is 6.07 Å². The molecule has 0 aliphatic carbocycles. The smallest absolute Gasteiger partial charge is 0.125 e. The van der Waals surface area contributed by atoms with Crippen molar-refractivity contribution in [1.82, 2.24) is 4.98 Å². The molecule has 0 spiro atoms. The van der Waals surface area contributed by atoms with Gasteiger partial charge in [-0.05, 0) is 31.5 Å². The molecule has 1 heterocycles. The first-order chi connectivity index (χ1) is 5.93. The quantitative estimate of drug-likeness (QED) is 0.639. The van der Waals surface area contributed by atoms with E-state index >= 15 is 0 Å². The Morgan fingerprint density at radius 1 is 1.50 bits per heavy atom. The molecule has 0 amide bonds. The van der Waals surface area contributed by atoms with Crippen LogP contribution in [-0.4, -0.2) is 18.1 Å². The number of hydrogen-bond donors (Lipinski definition) is 2. The summed E-state index contributed by atoms with van der Waals surface area (Å²) in [5.41, 5.74) is 5.36. The van der Waals surface area contributed by atoms with Crippen LogP contribution in [0.5, 0.6) is 0 Å². The van der Waals surface area contributed by atoms with E-state index in [1.54, 1.807) is 6.20 Å². The van der Waals surface area contributed by atoms with Crippen molar-refractivity contribution >= 4 is 5.82 Å². The van der Waals surface area contributed by atoms with Gasteiger partial charge in [0.2, 0.25) is 0 Å². The fraction of sp³-hybridized carbons (Fsp3) is 0.444. The Hall–Kier alpha value is -1.09. The third kappa shape index (κ3) is 3.34. The molecular weight excluding hydrogens is 150 g/mol. The Bertz CT molecular complexity index is 198. The van der Waals surface area contributed by atoms with Crippen molar-refractivity contribution in [3.63, 3.8) is 0 Å². The topological polar surface area (TPSA) is 50.9 Å². The van der Waals surface area contributed by atoms with Crippen molar-refractivity contribution in [2.45, 2.75) is 12.8 Å². The number of hydrogen-bond acceptors (Lipinski definition) is 3. The van der Waals surface area contributed by atoms with E-state index in [4.69, 9.17) is 5.73 Å². The third-order valence-corrected chi connectivity index (χ3v) is 1.55. The van der Waals surface area contributed by atoms with Crippen LogP contribution in [0.2, 0.25) is 0 Å². The lowest BCUT2D eigenvalue weighted by Gasteiger charge is -2.02. The van der Waals surface area contributed by atoms with Gasteiger partial charge in [0.15, 0.2) is 0 Å². The van der Waals surface area contributed by atoms with Crippen molar-refractivity contribution < 1.29 is 0 Å². The van der Waals surface area contributed by atoms with Gasteiger partial charge in [-0.25, -0.2) is 4.98 Å². The summed E-state index contributed by atoms with van der Waals surface area (Å²) in [6.45, 7) is 1.70. The van der Waals surface area contributed by atoms with E-state index < -0.39 is 0 Å². The SMILES string of the molecule is NCCCCNc1cc[c]cn1. The lowest BCUT2D eigenvalue weighted by atomic mass is 10.3. The summed E-state index contributed by atoms with van der Waals surface area (Å²) in [6, 6.07) is 6.61. The van der Waals surface area contributed by atoms with Crippen LogP contribution < -0.4 is 11.1 Å². The number of rotatable bonds is 5. The maximum absolute atomic E-state index is 5.36. The summed E-state index contributed by atoms with van der Waals surface area (Å²) in [7, 11) is 0. The van der Waals surface area contributed by atoms with Crippen molar-refractivity contribution in [3.8, 4) is 0 Å². The van der Waals surface area contributed by atoms with E-state index in [2.05, 4.69) is 16.4 Å². The van der Waals surface area contributed by atoms with Crippen molar-refractivity contribution in [2.24, 2.45) is 5.73 Å². The molecule has 0 aliphatic rings. The Morgan fingerprint density at radius 2 is 2.42 bits per heavy atom. The Balaban J connectivity index is 2.16. The van der Waals surface area contributed by atoms with Gasteiger partial charge < -0.3 is 11.1 Å². The lowest BCUT2D eigenvalue weighted by Crippen LogP contribution is -2.06. The van der Waals surface area contributed by atoms with Gasteiger partial charge in [-0.15, -0.1) is 0 Å². The molecule has 65 valence electrons. The Morgan fingerprint density at radius 3 is 3.08 bits per heavy atom. The zero-order chi connectivity index (χ0) is 8.65. The number of aromatic nitrogens is 1. The third-order valence-electron chi connectivity index (χ3n) is 1.55. The summed E-state index contributed by atoms with van der Waals surface area (Å²) < 4.78 is 0. The van der Waals surface area contributed by atoms with Crippen LogP contribution in [0.4, 0.5) is 5.82 Å². The fourth-order valence-electron chi connectivity index (χ4n) is 0.910. The van der Waals surface area contributed by atoms with Crippen LogP contribution in [0.15, 0.2) is 18.3 Å². The first kappa shape index (κ1) is 9.00. The van der Waals surface area contributed by atoms with Crippen LogP contribution in [0.3, 0.4) is 0 Å². The molecule has 12 heavy (non-hydrogen) atoms. The van der Waals surface area contributed by atoms with Crippen LogP contribution >= 0.6 is 0 Å². The Kier molecular flexibility index (Phi) is 4.16. The monoisotopic (exact) mass is 164 g/mol. The second kappa shape index (κ2) is 5.55. The molecule has 1 aromatic rings. The molecule has 0 saturated carbocycles. The van der Waals surface area contributed by atoms with Gasteiger partial charge in [0.25, 0.3) is 0 Å². The van der Waals surface area contributed by atoms with E-state index in [0.717, 1.165) is 31.7 Å². The molecule has 3 nitrogen and oxygen atoms in total. The number of anilines is 1.